The summed E-state index contributed by atoms with van der Waals surface area (Å²) in [5.41, 5.74) is 3.88. The number of pyridine rings is 1. The van der Waals surface area contributed by atoms with Crippen LogP contribution in [0.2, 0.25) is 0 Å². The van der Waals surface area contributed by atoms with Gasteiger partial charge in [-0.2, -0.15) is 0 Å². The number of anilines is 2. The summed E-state index contributed by atoms with van der Waals surface area (Å²) in [4.78, 5) is 34.1. The monoisotopic (exact) mass is 433 g/mol. The summed E-state index contributed by atoms with van der Waals surface area (Å²) >= 11 is 0. The highest BCUT2D eigenvalue weighted by Crippen LogP contribution is 2.25. The number of amides is 2. The summed E-state index contributed by atoms with van der Waals surface area (Å²) in [7, 11) is 0. The van der Waals surface area contributed by atoms with Gasteiger partial charge in [0.15, 0.2) is 0 Å². The number of nitrogens with one attached hydrogen (secondary N) is 2. The van der Waals surface area contributed by atoms with Crippen molar-refractivity contribution in [2.45, 2.75) is 0 Å². The Labute approximate surface area is 189 Å². The SMILES string of the molecule is O=C(Nc1cccc(C(=O)Nc2nc3ccccc3n2-c2ccccc2)c1)c1cccnc1. The van der Waals surface area contributed by atoms with Crippen LogP contribution >= 0.6 is 0 Å². The third-order valence-corrected chi connectivity index (χ3v) is 5.11. The standard InChI is InChI=1S/C26H19N5O2/c32-24(18-8-6-10-20(16-18)28-25(33)19-9-7-15-27-17-19)30-26-29-22-13-4-5-14-23(22)31(26)21-11-2-1-3-12-21/h1-17H,(H,28,33)(H,29,30,32). The molecule has 2 amide bonds. The van der Waals surface area contributed by atoms with Gasteiger partial charge in [-0.15, -0.1) is 0 Å². The number of carbonyl (C=O) groups excluding carboxylic acids is 2. The van der Waals surface area contributed by atoms with Crippen molar-refractivity contribution in [2.24, 2.45) is 0 Å². The lowest BCUT2D eigenvalue weighted by Gasteiger charge is -2.11. The van der Waals surface area contributed by atoms with Crippen LogP contribution in [-0.4, -0.2) is 26.3 Å². The topological polar surface area (TPSA) is 88.9 Å². The molecule has 0 fully saturated rings. The first-order chi connectivity index (χ1) is 16.2. The van der Waals surface area contributed by atoms with Crippen molar-refractivity contribution in [1.29, 1.82) is 0 Å². The molecule has 3 aromatic carbocycles. The average molecular weight is 433 g/mol. The molecule has 0 radical (unpaired) electrons. The Morgan fingerprint density at radius 1 is 0.727 bits per heavy atom. The maximum absolute atomic E-state index is 13.1. The number of carbonyl (C=O) groups is 2. The molecule has 2 heterocycles. The molecule has 7 heteroatoms. The van der Waals surface area contributed by atoms with E-state index in [1.807, 2.05) is 59.2 Å². The van der Waals surface area contributed by atoms with Crippen LogP contribution in [-0.2, 0) is 0 Å². The number of aromatic nitrogens is 3. The average Bonchev–Trinajstić information content (AvgIpc) is 3.23. The third-order valence-electron chi connectivity index (χ3n) is 5.11. The molecule has 0 saturated heterocycles. The highest BCUT2D eigenvalue weighted by molar-refractivity contribution is 6.07. The minimum absolute atomic E-state index is 0.300. The molecule has 0 aliphatic heterocycles. The number of rotatable bonds is 5. The number of nitrogens with zero attached hydrogens (tertiary/aromatic N) is 3. The Bertz CT molecular complexity index is 1450. The summed E-state index contributed by atoms with van der Waals surface area (Å²) in [6.45, 7) is 0. The minimum Gasteiger partial charge on any atom is -0.322 e. The first-order valence-electron chi connectivity index (χ1n) is 10.3. The molecule has 0 unspecified atom stereocenters. The Morgan fingerprint density at radius 3 is 2.30 bits per heavy atom. The Hall–Kier alpha value is -4.78. The van der Waals surface area contributed by atoms with Crippen molar-refractivity contribution in [3.05, 3.63) is 115 Å². The minimum atomic E-state index is -0.333. The van der Waals surface area contributed by atoms with Gasteiger partial charge in [0, 0.05) is 29.3 Å². The van der Waals surface area contributed by atoms with Gasteiger partial charge in [0.05, 0.1) is 16.6 Å². The fraction of sp³-hybridized carbons (Fsp3) is 0. The second-order valence-electron chi connectivity index (χ2n) is 7.33. The number of benzene rings is 3. The Kier molecular flexibility index (Phi) is 5.35. The predicted molar refractivity (Wildman–Crippen MR) is 128 cm³/mol. The lowest BCUT2D eigenvalue weighted by Crippen LogP contribution is -2.16. The number of imidazole rings is 1. The van der Waals surface area contributed by atoms with E-state index >= 15 is 0 Å². The van der Waals surface area contributed by atoms with Gasteiger partial charge < -0.3 is 5.32 Å². The van der Waals surface area contributed by atoms with Crippen LogP contribution in [0.15, 0.2) is 103 Å². The van der Waals surface area contributed by atoms with E-state index in [1.165, 1.54) is 6.20 Å². The van der Waals surface area contributed by atoms with Crippen LogP contribution < -0.4 is 10.6 Å². The second kappa shape index (κ2) is 8.76. The van der Waals surface area contributed by atoms with Gasteiger partial charge >= 0.3 is 0 Å². The molecular formula is C26H19N5O2. The molecule has 2 N–H and O–H groups in total. The number of hydrogen-bond acceptors (Lipinski definition) is 4. The van der Waals surface area contributed by atoms with E-state index in [4.69, 9.17) is 0 Å². The van der Waals surface area contributed by atoms with E-state index in [0.29, 0.717) is 22.8 Å². The molecule has 5 rings (SSSR count). The first kappa shape index (κ1) is 20.1. The van der Waals surface area contributed by atoms with E-state index < -0.39 is 0 Å². The zero-order chi connectivity index (χ0) is 22.6. The Morgan fingerprint density at radius 2 is 1.48 bits per heavy atom. The highest BCUT2D eigenvalue weighted by Gasteiger charge is 2.16. The molecular weight excluding hydrogens is 414 g/mol. The molecule has 0 saturated carbocycles. The van der Waals surface area contributed by atoms with Gasteiger partial charge in [0.25, 0.3) is 11.8 Å². The molecule has 0 aliphatic carbocycles. The van der Waals surface area contributed by atoms with E-state index in [1.54, 1.807) is 42.6 Å². The van der Waals surface area contributed by atoms with Gasteiger partial charge in [-0.3, -0.25) is 24.5 Å². The third kappa shape index (κ3) is 4.20. The van der Waals surface area contributed by atoms with Gasteiger partial charge in [-0.1, -0.05) is 36.4 Å². The quantitative estimate of drug-likeness (QED) is 0.412. The van der Waals surface area contributed by atoms with E-state index in [0.717, 1.165) is 16.7 Å². The van der Waals surface area contributed by atoms with Crippen LogP contribution in [0.25, 0.3) is 16.7 Å². The van der Waals surface area contributed by atoms with E-state index in [9.17, 15) is 9.59 Å². The van der Waals surface area contributed by atoms with Crippen molar-refractivity contribution in [3.63, 3.8) is 0 Å². The summed E-state index contributed by atoms with van der Waals surface area (Å²) in [6, 6.07) is 27.5. The number of para-hydroxylation sites is 3. The normalized spacial score (nSPS) is 10.7. The fourth-order valence-electron chi connectivity index (χ4n) is 3.56. The van der Waals surface area contributed by atoms with Crippen LogP contribution in [0.5, 0.6) is 0 Å². The number of hydrogen-bond donors (Lipinski definition) is 2. The molecule has 0 aliphatic rings. The molecule has 0 atom stereocenters. The molecule has 33 heavy (non-hydrogen) atoms. The predicted octanol–water partition coefficient (Wildman–Crippen LogP) is 4.93. The summed E-state index contributed by atoms with van der Waals surface area (Å²) in [5.74, 6) is -0.219. The van der Waals surface area contributed by atoms with Crippen molar-refractivity contribution in [3.8, 4) is 5.69 Å². The van der Waals surface area contributed by atoms with Crippen molar-refractivity contribution in [2.75, 3.05) is 10.6 Å². The lowest BCUT2D eigenvalue weighted by atomic mass is 10.2. The highest BCUT2D eigenvalue weighted by atomic mass is 16.2. The molecule has 0 spiro atoms. The molecule has 7 nitrogen and oxygen atoms in total. The van der Waals surface area contributed by atoms with E-state index in [2.05, 4.69) is 20.6 Å². The summed E-state index contributed by atoms with van der Waals surface area (Å²) in [5, 5.41) is 5.71. The molecule has 160 valence electrons. The van der Waals surface area contributed by atoms with Crippen LogP contribution in [0.3, 0.4) is 0 Å². The molecule has 0 bridgehead atoms. The van der Waals surface area contributed by atoms with Crippen molar-refractivity contribution in [1.82, 2.24) is 14.5 Å². The van der Waals surface area contributed by atoms with Gasteiger partial charge in [0.2, 0.25) is 5.95 Å². The van der Waals surface area contributed by atoms with Crippen LogP contribution in [0.1, 0.15) is 20.7 Å². The second-order valence-corrected chi connectivity index (χ2v) is 7.33. The molecule has 5 aromatic rings. The molecule has 2 aromatic heterocycles. The van der Waals surface area contributed by atoms with Gasteiger partial charge in [-0.25, -0.2) is 4.98 Å². The summed E-state index contributed by atoms with van der Waals surface area (Å²) in [6.07, 6.45) is 3.09. The maximum Gasteiger partial charge on any atom is 0.258 e. The van der Waals surface area contributed by atoms with Crippen molar-refractivity contribution < 1.29 is 9.59 Å². The van der Waals surface area contributed by atoms with Crippen LogP contribution in [0, 0.1) is 0 Å². The van der Waals surface area contributed by atoms with Gasteiger partial charge in [-0.05, 0) is 54.6 Å². The summed E-state index contributed by atoms with van der Waals surface area (Å²) < 4.78 is 1.90. The Balaban J connectivity index is 1.43. The zero-order valence-corrected chi connectivity index (χ0v) is 17.5. The first-order valence-corrected chi connectivity index (χ1v) is 10.3. The smallest absolute Gasteiger partial charge is 0.258 e. The largest absolute Gasteiger partial charge is 0.322 e. The van der Waals surface area contributed by atoms with Crippen molar-refractivity contribution >= 4 is 34.5 Å². The van der Waals surface area contributed by atoms with Gasteiger partial charge in [0.1, 0.15) is 0 Å². The lowest BCUT2D eigenvalue weighted by molar-refractivity contribution is 0.101. The van der Waals surface area contributed by atoms with E-state index in [-0.39, 0.29) is 11.8 Å². The van der Waals surface area contributed by atoms with Crippen LogP contribution in [0.4, 0.5) is 11.6 Å². The maximum atomic E-state index is 13.1. The zero-order valence-electron chi connectivity index (χ0n) is 17.5. The number of fused-ring (bicyclic) bond motifs is 1. The fourth-order valence-corrected chi connectivity index (χ4v) is 3.56.